The molecule has 1 amide bonds. The van der Waals surface area contributed by atoms with Crippen LogP contribution >= 0.6 is 0 Å². The minimum Gasteiger partial charge on any atom is -0.329 e. The number of fused-ring (bicyclic) bond motifs is 1. The molecule has 0 N–H and O–H groups in total. The highest BCUT2D eigenvalue weighted by atomic mass is 19.4. The van der Waals surface area contributed by atoms with E-state index in [9.17, 15) is 18.0 Å². The van der Waals surface area contributed by atoms with Gasteiger partial charge in [-0.1, -0.05) is 39.0 Å². The average molecular weight is 285 g/mol. The largest absolute Gasteiger partial charge is 0.406 e. The van der Waals surface area contributed by atoms with Gasteiger partial charge in [0.05, 0.1) is 0 Å². The number of alkyl halides is 3. The van der Waals surface area contributed by atoms with Gasteiger partial charge in [0.15, 0.2) is 0 Å². The molecule has 1 heterocycles. The number of carbonyl (C=O) groups excluding carboxylic acids is 1. The summed E-state index contributed by atoms with van der Waals surface area (Å²) in [5, 5.41) is 0. The normalized spacial score (nSPS) is 20.0. The zero-order valence-electron chi connectivity index (χ0n) is 11.8. The van der Waals surface area contributed by atoms with Crippen molar-refractivity contribution >= 4 is 5.91 Å². The Morgan fingerprint density at radius 1 is 1.20 bits per heavy atom. The van der Waals surface area contributed by atoms with Crippen LogP contribution in [0.15, 0.2) is 24.3 Å². The first kappa shape index (κ1) is 14.9. The molecule has 1 aromatic carbocycles. The molecule has 1 atom stereocenters. The zero-order chi connectivity index (χ0) is 15.1. The molecule has 110 valence electrons. The lowest BCUT2D eigenvalue weighted by Gasteiger charge is -2.41. The topological polar surface area (TPSA) is 20.3 Å². The highest BCUT2D eigenvalue weighted by Crippen LogP contribution is 2.41. The maximum Gasteiger partial charge on any atom is 0.406 e. The molecule has 0 bridgehead atoms. The SMILES string of the molecule is CC(C)(C)C1CN(CC(F)(F)F)C(=O)c2ccccc21. The lowest BCUT2D eigenvalue weighted by atomic mass is 9.73. The van der Waals surface area contributed by atoms with Crippen LogP contribution in [-0.2, 0) is 0 Å². The smallest absolute Gasteiger partial charge is 0.329 e. The van der Waals surface area contributed by atoms with Crippen molar-refractivity contribution in [1.82, 2.24) is 4.90 Å². The van der Waals surface area contributed by atoms with Crippen molar-refractivity contribution < 1.29 is 18.0 Å². The number of halogens is 3. The summed E-state index contributed by atoms with van der Waals surface area (Å²) < 4.78 is 37.9. The molecule has 20 heavy (non-hydrogen) atoms. The predicted octanol–water partition coefficient (Wildman–Crippen LogP) is 3.83. The number of benzene rings is 1. The fraction of sp³-hybridized carbons (Fsp3) is 0.533. The molecule has 1 unspecified atom stereocenters. The minimum absolute atomic E-state index is 0.0984. The van der Waals surface area contributed by atoms with Gasteiger partial charge in [0.2, 0.25) is 0 Å². The van der Waals surface area contributed by atoms with E-state index >= 15 is 0 Å². The highest BCUT2D eigenvalue weighted by molar-refractivity contribution is 5.97. The molecule has 0 spiro atoms. The quantitative estimate of drug-likeness (QED) is 0.768. The van der Waals surface area contributed by atoms with E-state index in [2.05, 4.69) is 0 Å². The van der Waals surface area contributed by atoms with Crippen molar-refractivity contribution in [2.45, 2.75) is 32.9 Å². The lowest BCUT2D eigenvalue weighted by Crippen LogP contribution is -2.47. The van der Waals surface area contributed by atoms with Gasteiger partial charge in [0, 0.05) is 18.0 Å². The molecule has 1 aromatic rings. The van der Waals surface area contributed by atoms with Gasteiger partial charge >= 0.3 is 6.18 Å². The van der Waals surface area contributed by atoms with Gasteiger partial charge in [-0.3, -0.25) is 4.79 Å². The van der Waals surface area contributed by atoms with Crippen molar-refractivity contribution in [3.63, 3.8) is 0 Å². The molecule has 0 saturated heterocycles. The second-order valence-electron chi connectivity index (χ2n) is 6.31. The zero-order valence-corrected chi connectivity index (χ0v) is 11.8. The molecule has 0 fully saturated rings. The van der Waals surface area contributed by atoms with Crippen molar-refractivity contribution in [1.29, 1.82) is 0 Å². The van der Waals surface area contributed by atoms with Gasteiger partial charge in [0.1, 0.15) is 6.54 Å². The van der Waals surface area contributed by atoms with E-state index < -0.39 is 18.6 Å². The van der Waals surface area contributed by atoms with Crippen LogP contribution < -0.4 is 0 Å². The van der Waals surface area contributed by atoms with E-state index in [0.717, 1.165) is 10.5 Å². The summed E-state index contributed by atoms with van der Waals surface area (Å²) in [5.74, 6) is -0.628. The number of hydrogen-bond donors (Lipinski definition) is 0. The molecule has 1 aliphatic rings. The summed E-state index contributed by atoms with van der Waals surface area (Å²) in [7, 11) is 0. The van der Waals surface area contributed by atoms with Gasteiger partial charge in [-0.25, -0.2) is 0 Å². The van der Waals surface area contributed by atoms with Gasteiger partial charge in [-0.15, -0.1) is 0 Å². The number of amides is 1. The fourth-order valence-electron chi connectivity index (χ4n) is 2.66. The Balaban J connectivity index is 2.42. The first-order valence-corrected chi connectivity index (χ1v) is 6.54. The summed E-state index contributed by atoms with van der Waals surface area (Å²) in [6.07, 6.45) is -4.37. The van der Waals surface area contributed by atoms with Gasteiger partial charge in [-0.05, 0) is 17.0 Å². The van der Waals surface area contributed by atoms with Crippen LogP contribution in [0, 0.1) is 5.41 Å². The van der Waals surface area contributed by atoms with Crippen molar-refractivity contribution in [2.24, 2.45) is 5.41 Å². The Bertz CT molecular complexity index is 517. The predicted molar refractivity (Wildman–Crippen MR) is 70.6 cm³/mol. The second-order valence-corrected chi connectivity index (χ2v) is 6.31. The first-order chi connectivity index (χ1) is 9.09. The van der Waals surface area contributed by atoms with Crippen LogP contribution in [0.2, 0.25) is 0 Å². The molecule has 0 aliphatic carbocycles. The molecular formula is C15H18F3NO. The standard InChI is InChI=1S/C15H18F3NO/c1-14(2,3)12-8-19(9-15(16,17)18)13(20)11-7-5-4-6-10(11)12/h4-7,12H,8-9H2,1-3H3. The Kier molecular flexibility index (Phi) is 3.56. The van der Waals surface area contributed by atoms with E-state index in [-0.39, 0.29) is 17.9 Å². The maximum absolute atomic E-state index is 12.6. The molecule has 1 aliphatic heterocycles. The van der Waals surface area contributed by atoms with Gasteiger partial charge in [0.25, 0.3) is 5.91 Å². The molecular weight excluding hydrogens is 267 g/mol. The highest BCUT2D eigenvalue weighted by Gasteiger charge is 2.41. The molecule has 0 saturated carbocycles. The third-order valence-electron chi connectivity index (χ3n) is 3.67. The van der Waals surface area contributed by atoms with Crippen LogP contribution in [0.1, 0.15) is 42.6 Å². The molecule has 2 rings (SSSR count). The first-order valence-electron chi connectivity index (χ1n) is 6.54. The van der Waals surface area contributed by atoms with Crippen LogP contribution in [0.4, 0.5) is 13.2 Å². The lowest BCUT2D eigenvalue weighted by molar-refractivity contribution is -0.142. The maximum atomic E-state index is 12.6. The van der Waals surface area contributed by atoms with Crippen LogP contribution in [-0.4, -0.2) is 30.1 Å². The Morgan fingerprint density at radius 3 is 2.35 bits per heavy atom. The second kappa shape index (κ2) is 4.79. The molecule has 0 aromatic heterocycles. The fourth-order valence-corrected chi connectivity index (χ4v) is 2.66. The van der Waals surface area contributed by atoms with E-state index in [0.29, 0.717) is 5.56 Å². The Hall–Kier alpha value is -1.52. The van der Waals surface area contributed by atoms with E-state index in [4.69, 9.17) is 0 Å². The van der Waals surface area contributed by atoms with E-state index in [1.54, 1.807) is 12.1 Å². The summed E-state index contributed by atoms with van der Waals surface area (Å²) in [6.45, 7) is 4.87. The minimum atomic E-state index is -4.37. The van der Waals surface area contributed by atoms with Gasteiger partial charge in [-0.2, -0.15) is 13.2 Å². The summed E-state index contributed by atoms with van der Waals surface area (Å²) in [6, 6.07) is 6.96. The third kappa shape index (κ3) is 2.97. The van der Waals surface area contributed by atoms with Crippen molar-refractivity contribution in [2.75, 3.05) is 13.1 Å². The van der Waals surface area contributed by atoms with Crippen LogP contribution in [0.5, 0.6) is 0 Å². The van der Waals surface area contributed by atoms with E-state index in [1.165, 1.54) is 0 Å². The van der Waals surface area contributed by atoms with Crippen molar-refractivity contribution in [3.8, 4) is 0 Å². The van der Waals surface area contributed by atoms with Crippen molar-refractivity contribution in [3.05, 3.63) is 35.4 Å². The third-order valence-corrected chi connectivity index (χ3v) is 3.67. The van der Waals surface area contributed by atoms with Gasteiger partial charge < -0.3 is 4.90 Å². The monoisotopic (exact) mass is 285 g/mol. The average Bonchev–Trinajstić information content (AvgIpc) is 2.30. The van der Waals surface area contributed by atoms with Crippen LogP contribution in [0.25, 0.3) is 0 Å². The Labute approximate surface area is 116 Å². The number of nitrogens with zero attached hydrogens (tertiary/aromatic N) is 1. The molecule has 0 radical (unpaired) electrons. The van der Waals surface area contributed by atoms with Crippen LogP contribution in [0.3, 0.4) is 0 Å². The number of carbonyl (C=O) groups is 1. The van der Waals surface area contributed by atoms with E-state index in [1.807, 2.05) is 32.9 Å². The summed E-state index contributed by atoms with van der Waals surface area (Å²) in [4.78, 5) is 13.1. The molecule has 2 nitrogen and oxygen atoms in total. The number of rotatable bonds is 1. The molecule has 5 heteroatoms. The Morgan fingerprint density at radius 2 is 1.80 bits per heavy atom. The summed E-state index contributed by atoms with van der Waals surface area (Å²) in [5.41, 5.74) is 1.03. The summed E-state index contributed by atoms with van der Waals surface area (Å²) >= 11 is 0. The number of hydrogen-bond acceptors (Lipinski definition) is 1.